The van der Waals surface area contributed by atoms with Gasteiger partial charge in [0.2, 0.25) is 0 Å². The number of hydrogen-bond acceptors (Lipinski definition) is 3. The third kappa shape index (κ3) is 2.84. The lowest BCUT2D eigenvalue weighted by atomic mass is 9.92. The molecule has 1 fully saturated rings. The second-order valence-corrected chi connectivity index (χ2v) is 5.99. The fraction of sp³-hybridized carbons (Fsp3) is 0.571. The lowest BCUT2D eigenvalue weighted by Gasteiger charge is -2.24. The molecule has 92 valence electrons. The van der Waals surface area contributed by atoms with Gasteiger partial charge in [-0.1, -0.05) is 17.8 Å². The predicted octanol–water partition coefficient (Wildman–Crippen LogP) is 2.60. The van der Waals surface area contributed by atoms with Crippen molar-refractivity contribution in [2.24, 2.45) is 0 Å². The molecule has 0 saturated carbocycles. The summed E-state index contributed by atoms with van der Waals surface area (Å²) in [5, 5.41) is 3.37. The first-order valence-electron chi connectivity index (χ1n) is 6.52. The molecule has 1 aromatic rings. The molecule has 2 nitrogen and oxygen atoms in total. The van der Waals surface area contributed by atoms with E-state index in [0.717, 1.165) is 19.7 Å². The van der Waals surface area contributed by atoms with Gasteiger partial charge in [0.25, 0.3) is 0 Å². The van der Waals surface area contributed by atoms with E-state index < -0.39 is 0 Å². The first-order chi connectivity index (χ1) is 8.42. The highest BCUT2D eigenvalue weighted by molar-refractivity contribution is 7.99. The van der Waals surface area contributed by atoms with Gasteiger partial charge < -0.3 is 10.1 Å². The Morgan fingerprint density at radius 2 is 2.06 bits per heavy atom. The third-order valence-corrected chi connectivity index (χ3v) is 4.57. The molecule has 0 bridgehead atoms. The van der Waals surface area contributed by atoms with Crippen molar-refractivity contribution in [1.82, 2.24) is 5.32 Å². The molecule has 1 aliphatic heterocycles. The van der Waals surface area contributed by atoms with Crippen LogP contribution in [0.5, 0.6) is 0 Å². The van der Waals surface area contributed by atoms with Crippen LogP contribution in [-0.4, -0.2) is 25.1 Å². The number of rotatable bonds is 2. The van der Waals surface area contributed by atoms with E-state index in [1.807, 2.05) is 11.8 Å². The highest BCUT2D eigenvalue weighted by Gasteiger charge is 2.16. The smallest absolute Gasteiger partial charge is 0.120 e. The minimum Gasteiger partial charge on any atom is -0.365 e. The number of nitrogens with one attached hydrogen (secondary N) is 1. The highest BCUT2D eigenvalue weighted by atomic mass is 32.2. The minimum atomic E-state index is 0.283. The molecular weight excluding hydrogens is 230 g/mol. The molecule has 1 aliphatic carbocycles. The van der Waals surface area contributed by atoms with E-state index in [1.54, 1.807) is 11.1 Å². The van der Waals surface area contributed by atoms with Crippen LogP contribution in [0, 0.1) is 0 Å². The van der Waals surface area contributed by atoms with Crippen molar-refractivity contribution in [3.05, 3.63) is 29.3 Å². The van der Waals surface area contributed by atoms with Crippen molar-refractivity contribution < 1.29 is 4.74 Å². The van der Waals surface area contributed by atoms with Gasteiger partial charge in [-0.15, -0.1) is 0 Å². The van der Waals surface area contributed by atoms with Crippen molar-refractivity contribution >= 4 is 11.8 Å². The number of morpholine rings is 1. The van der Waals surface area contributed by atoms with Gasteiger partial charge in [0.1, 0.15) is 5.44 Å². The molecule has 0 amide bonds. The monoisotopic (exact) mass is 249 g/mol. The van der Waals surface area contributed by atoms with E-state index in [4.69, 9.17) is 4.74 Å². The Morgan fingerprint density at radius 1 is 1.18 bits per heavy atom. The molecular formula is C14H19NOS. The Balaban J connectivity index is 1.70. The highest BCUT2D eigenvalue weighted by Crippen LogP contribution is 2.29. The maximum absolute atomic E-state index is 5.73. The number of hydrogen-bond donors (Lipinski definition) is 1. The SMILES string of the molecule is c1cc2c(cc1SC1CNCCO1)CCCC2. The first kappa shape index (κ1) is 11.6. The molecule has 1 N–H and O–H groups in total. The van der Waals surface area contributed by atoms with Crippen LogP contribution in [0.25, 0.3) is 0 Å². The first-order valence-corrected chi connectivity index (χ1v) is 7.40. The van der Waals surface area contributed by atoms with Crippen LogP contribution in [0.4, 0.5) is 0 Å². The number of ether oxygens (including phenoxy) is 1. The summed E-state index contributed by atoms with van der Waals surface area (Å²) in [6.07, 6.45) is 5.23. The van der Waals surface area contributed by atoms with Gasteiger partial charge in [0.05, 0.1) is 6.61 Å². The zero-order valence-electron chi connectivity index (χ0n) is 10.1. The fourth-order valence-corrected chi connectivity index (χ4v) is 3.58. The minimum absolute atomic E-state index is 0.283. The summed E-state index contributed by atoms with van der Waals surface area (Å²) in [4.78, 5) is 1.36. The van der Waals surface area contributed by atoms with Gasteiger partial charge in [0, 0.05) is 18.0 Å². The zero-order valence-corrected chi connectivity index (χ0v) is 10.9. The molecule has 1 unspecified atom stereocenters. The van der Waals surface area contributed by atoms with Crippen molar-refractivity contribution in [2.75, 3.05) is 19.7 Å². The van der Waals surface area contributed by atoms with E-state index in [2.05, 4.69) is 23.5 Å². The normalized spacial score (nSPS) is 24.4. The average molecular weight is 249 g/mol. The second-order valence-electron chi connectivity index (χ2n) is 4.76. The van der Waals surface area contributed by atoms with Gasteiger partial charge in [-0.2, -0.15) is 0 Å². The molecule has 17 heavy (non-hydrogen) atoms. The van der Waals surface area contributed by atoms with Crippen LogP contribution in [-0.2, 0) is 17.6 Å². The Labute approximate surface area is 107 Å². The van der Waals surface area contributed by atoms with Crippen LogP contribution in [0.1, 0.15) is 24.0 Å². The molecule has 3 heteroatoms. The van der Waals surface area contributed by atoms with E-state index in [1.165, 1.54) is 30.6 Å². The van der Waals surface area contributed by atoms with Crippen LogP contribution in [0.3, 0.4) is 0 Å². The molecule has 3 rings (SSSR count). The molecule has 1 saturated heterocycles. The largest absolute Gasteiger partial charge is 0.365 e. The van der Waals surface area contributed by atoms with Crippen molar-refractivity contribution in [3.63, 3.8) is 0 Å². The van der Waals surface area contributed by atoms with Crippen molar-refractivity contribution in [3.8, 4) is 0 Å². The summed E-state index contributed by atoms with van der Waals surface area (Å²) in [6, 6.07) is 6.94. The molecule has 2 aliphatic rings. The molecule has 1 atom stereocenters. The van der Waals surface area contributed by atoms with E-state index in [0.29, 0.717) is 0 Å². The standard InChI is InChI=1S/C14H19NOS/c1-2-4-12-9-13(6-5-11(12)3-1)17-14-10-15-7-8-16-14/h5-6,9,14-15H,1-4,7-8,10H2. The summed E-state index contributed by atoms with van der Waals surface area (Å²) in [5.41, 5.74) is 3.40. The van der Waals surface area contributed by atoms with Crippen LogP contribution < -0.4 is 5.32 Å². The van der Waals surface area contributed by atoms with E-state index in [9.17, 15) is 0 Å². The van der Waals surface area contributed by atoms with Crippen LogP contribution in [0.2, 0.25) is 0 Å². The molecule has 0 aromatic heterocycles. The summed E-state index contributed by atoms with van der Waals surface area (Å²) in [6.45, 7) is 2.78. The number of benzene rings is 1. The van der Waals surface area contributed by atoms with Gasteiger partial charge >= 0.3 is 0 Å². The number of aryl methyl sites for hydroxylation is 2. The lowest BCUT2D eigenvalue weighted by molar-refractivity contribution is 0.0853. The van der Waals surface area contributed by atoms with Crippen molar-refractivity contribution in [2.45, 2.75) is 36.0 Å². The van der Waals surface area contributed by atoms with E-state index in [-0.39, 0.29) is 5.44 Å². The Kier molecular flexibility index (Phi) is 3.69. The third-order valence-electron chi connectivity index (χ3n) is 3.48. The summed E-state index contributed by atoms with van der Waals surface area (Å²) in [5.74, 6) is 0. The van der Waals surface area contributed by atoms with E-state index >= 15 is 0 Å². The Morgan fingerprint density at radius 3 is 2.88 bits per heavy atom. The zero-order chi connectivity index (χ0) is 11.5. The van der Waals surface area contributed by atoms with Crippen LogP contribution >= 0.6 is 11.8 Å². The number of fused-ring (bicyclic) bond motifs is 1. The van der Waals surface area contributed by atoms with Crippen LogP contribution in [0.15, 0.2) is 23.1 Å². The topological polar surface area (TPSA) is 21.3 Å². The quantitative estimate of drug-likeness (QED) is 0.870. The Bertz CT molecular complexity index is 388. The molecule has 0 spiro atoms. The number of thioether (sulfide) groups is 1. The summed E-state index contributed by atoms with van der Waals surface area (Å²) >= 11 is 1.85. The summed E-state index contributed by atoms with van der Waals surface area (Å²) < 4.78 is 5.73. The molecule has 1 heterocycles. The Hall–Kier alpha value is -0.510. The van der Waals surface area contributed by atoms with Gasteiger partial charge in [-0.05, 0) is 48.9 Å². The molecule has 1 aromatic carbocycles. The lowest BCUT2D eigenvalue weighted by Crippen LogP contribution is -2.36. The molecule has 0 radical (unpaired) electrons. The van der Waals surface area contributed by atoms with Gasteiger partial charge in [0.15, 0.2) is 0 Å². The van der Waals surface area contributed by atoms with Crippen molar-refractivity contribution in [1.29, 1.82) is 0 Å². The van der Waals surface area contributed by atoms with Gasteiger partial charge in [-0.25, -0.2) is 0 Å². The predicted molar refractivity (Wildman–Crippen MR) is 71.6 cm³/mol. The maximum Gasteiger partial charge on any atom is 0.120 e. The summed E-state index contributed by atoms with van der Waals surface area (Å²) in [7, 11) is 0. The fourth-order valence-electron chi connectivity index (χ4n) is 2.55. The van der Waals surface area contributed by atoms with Gasteiger partial charge in [-0.3, -0.25) is 0 Å². The average Bonchev–Trinajstić information content (AvgIpc) is 2.40. The maximum atomic E-state index is 5.73. The second kappa shape index (κ2) is 5.42.